The highest BCUT2D eigenvalue weighted by molar-refractivity contribution is 7.89. The number of rotatable bonds is 11. The molecule has 0 spiro atoms. The van der Waals surface area contributed by atoms with Crippen LogP contribution in [0.15, 0.2) is 35.2 Å². The number of ether oxygens (including phenoxy) is 2. The van der Waals surface area contributed by atoms with Gasteiger partial charge in [-0.15, -0.1) is 0 Å². The molecule has 176 valence electrons. The van der Waals surface area contributed by atoms with Crippen molar-refractivity contribution < 1.29 is 27.8 Å². The SMILES string of the molecule is CO[C@H](CN(C)C(=O)C1CCOCC1)[C@H](C)CN([C@@H](C)CO)S(=O)(=O)c1ccccc1. The first-order chi connectivity index (χ1) is 14.7. The van der Waals surface area contributed by atoms with Crippen LogP contribution in [-0.4, -0.2) is 87.9 Å². The van der Waals surface area contributed by atoms with Crippen LogP contribution in [0.5, 0.6) is 0 Å². The van der Waals surface area contributed by atoms with Crippen LogP contribution in [0.1, 0.15) is 26.7 Å². The van der Waals surface area contributed by atoms with Crippen LogP contribution in [0.25, 0.3) is 0 Å². The number of nitrogens with zero attached hydrogens (tertiary/aromatic N) is 2. The van der Waals surface area contributed by atoms with E-state index in [1.54, 1.807) is 56.3 Å². The molecule has 1 aliphatic heterocycles. The van der Waals surface area contributed by atoms with Crippen LogP contribution in [0, 0.1) is 11.8 Å². The summed E-state index contributed by atoms with van der Waals surface area (Å²) in [5.41, 5.74) is 0. The molecule has 0 aliphatic carbocycles. The van der Waals surface area contributed by atoms with E-state index in [0.717, 1.165) is 0 Å². The number of sulfonamides is 1. The molecule has 1 fully saturated rings. The van der Waals surface area contributed by atoms with E-state index in [1.165, 1.54) is 4.31 Å². The zero-order valence-electron chi connectivity index (χ0n) is 18.9. The van der Waals surface area contributed by atoms with Gasteiger partial charge < -0.3 is 19.5 Å². The van der Waals surface area contributed by atoms with Crippen LogP contribution in [0.4, 0.5) is 0 Å². The number of aliphatic hydroxyl groups is 1. The van der Waals surface area contributed by atoms with Gasteiger partial charge in [0.1, 0.15) is 0 Å². The summed E-state index contributed by atoms with van der Waals surface area (Å²) in [5.74, 6) is -0.187. The summed E-state index contributed by atoms with van der Waals surface area (Å²) < 4.78 is 38.7. The van der Waals surface area contributed by atoms with Crippen molar-refractivity contribution in [3.63, 3.8) is 0 Å². The normalized spacial score (nSPS) is 18.5. The van der Waals surface area contributed by atoms with E-state index >= 15 is 0 Å². The Kier molecular flexibility index (Phi) is 9.90. The van der Waals surface area contributed by atoms with Gasteiger partial charge in [0.05, 0.1) is 17.6 Å². The quantitative estimate of drug-likeness (QED) is 0.543. The van der Waals surface area contributed by atoms with E-state index in [-0.39, 0.29) is 41.9 Å². The minimum absolute atomic E-state index is 0.0454. The second-order valence-corrected chi connectivity index (χ2v) is 10.2. The standard InChI is InChI=1S/C22H36N2O6S/c1-17(21(29-4)15-23(3)22(26)19-10-12-30-13-11-19)14-24(18(2)16-25)31(27,28)20-8-6-5-7-9-20/h5-9,17-19,21,25H,10-16H2,1-4H3/t17-,18+,21-/m1/s1. The van der Waals surface area contributed by atoms with Crippen molar-refractivity contribution in [1.82, 2.24) is 9.21 Å². The molecule has 31 heavy (non-hydrogen) atoms. The Bertz CT molecular complexity index is 782. The lowest BCUT2D eigenvalue weighted by Crippen LogP contribution is -2.48. The molecule has 1 aromatic carbocycles. The van der Waals surface area contributed by atoms with Crippen molar-refractivity contribution in [3.05, 3.63) is 30.3 Å². The zero-order valence-corrected chi connectivity index (χ0v) is 19.8. The summed E-state index contributed by atoms with van der Waals surface area (Å²) >= 11 is 0. The predicted octanol–water partition coefficient (Wildman–Crippen LogP) is 1.59. The third-order valence-electron chi connectivity index (χ3n) is 5.91. The molecular formula is C22H36N2O6S. The van der Waals surface area contributed by atoms with E-state index in [9.17, 15) is 18.3 Å². The number of carbonyl (C=O) groups excluding carboxylic acids is 1. The summed E-state index contributed by atoms with van der Waals surface area (Å²) in [4.78, 5) is 14.6. The number of benzene rings is 1. The monoisotopic (exact) mass is 456 g/mol. The molecular weight excluding hydrogens is 420 g/mol. The lowest BCUT2D eigenvalue weighted by atomic mass is 9.98. The molecule has 9 heteroatoms. The highest BCUT2D eigenvalue weighted by Crippen LogP contribution is 2.23. The molecule has 3 atom stereocenters. The minimum Gasteiger partial charge on any atom is -0.395 e. The van der Waals surface area contributed by atoms with Gasteiger partial charge >= 0.3 is 0 Å². The van der Waals surface area contributed by atoms with Crippen LogP contribution in [-0.2, 0) is 24.3 Å². The fourth-order valence-corrected chi connectivity index (χ4v) is 5.58. The van der Waals surface area contributed by atoms with Crippen LogP contribution >= 0.6 is 0 Å². The largest absolute Gasteiger partial charge is 0.395 e. The lowest BCUT2D eigenvalue weighted by molar-refractivity contribution is -0.139. The predicted molar refractivity (Wildman–Crippen MR) is 118 cm³/mol. The fraction of sp³-hybridized carbons (Fsp3) is 0.682. The molecule has 0 bridgehead atoms. The van der Waals surface area contributed by atoms with Crippen LogP contribution in [0.3, 0.4) is 0 Å². The third kappa shape index (κ3) is 6.73. The van der Waals surface area contributed by atoms with E-state index in [1.807, 2.05) is 6.92 Å². The first kappa shape index (κ1) is 25.7. The molecule has 0 radical (unpaired) electrons. The summed E-state index contributed by atoms with van der Waals surface area (Å²) in [6, 6.07) is 7.61. The number of amides is 1. The molecule has 1 amide bonds. The maximum Gasteiger partial charge on any atom is 0.243 e. The van der Waals surface area contributed by atoms with E-state index in [2.05, 4.69) is 0 Å². The van der Waals surface area contributed by atoms with E-state index in [0.29, 0.717) is 32.6 Å². The molecule has 8 nitrogen and oxygen atoms in total. The molecule has 1 aliphatic rings. The van der Waals surface area contributed by atoms with Gasteiger partial charge in [-0.05, 0) is 37.8 Å². The van der Waals surface area contributed by atoms with Gasteiger partial charge in [-0.2, -0.15) is 4.31 Å². The second-order valence-electron chi connectivity index (χ2n) is 8.28. The number of likely N-dealkylation sites (N-methyl/N-ethyl adjacent to an activating group) is 1. The molecule has 1 saturated heterocycles. The Hall–Kier alpha value is -1.52. The Morgan fingerprint density at radius 3 is 2.35 bits per heavy atom. The number of carbonyl (C=O) groups is 1. The second kappa shape index (κ2) is 11.9. The summed E-state index contributed by atoms with van der Waals surface area (Å²) in [7, 11) is -0.464. The summed E-state index contributed by atoms with van der Waals surface area (Å²) in [6.07, 6.45) is 1.08. The minimum atomic E-state index is -3.79. The first-order valence-corrected chi connectivity index (χ1v) is 12.2. The molecule has 0 aromatic heterocycles. The van der Waals surface area contributed by atoms with Gasteiger partial charge in [0.25, 0.3) is 0 Å². The van der Waals surface area contributed by atoms with Crippen molar-refractivity contribution >= 4 is 15.9 Å². The summed E-state index contributed by atoms with van der Waals surface area (Å²) in [5, 5.41) is 9.69. The maximum atomic E-state index is 13.2. The average Bonchev–Trinajstić information content (AvgIpc) is 2.80. The highest BCUT2D eigenvalue weighted by atomic mass is 32.2. The number of aliphatic hydroxyl groups excluding tert-OH is 1. The van der Waals surface area contributed by atoms with Gasteiger partial charge in [-0.1, -0.05) is 25.1 Å². The van der Waals surface area contributed by atoms with Gasteiger partial charge in [-0.3, -0.25) is 4.79 Å². The molecule has 0 unspecified atom stereocenters. The highest BCUT2D eigenvalue weighted by Gasteiger charge is 2.33. The van der Waals surface area contributed by atoms with E-state index in [4.69, 9.17) is 9.47 Å². The Morgan fingerprint density at radius 2 is 1.81 bits per heavy atom. The van der Waals surface area contributed by atoms with Gasteiger partial charge in [0.2, 0.25) is 15.9 Å². The average molecular weight is 457 g/mol. The molecule has 1 heterocycles. The molecule has 1 aromatic rings. The Labute approximate surface area is 186 Å². The third-order valence-corrected chi connectivity index (χ3v) is 7.91. The maximum absolute atomic E-state index is 13.2. The zero-order chi connectivity index (χ0) is 23.0. The lowest BCUT2D eigenvalue weighted by Gasteiger charge is -2.34. The van der Waals surface area contributed by atoms with Gasteiger partial charge in [0, 0.05) is 52.4 Å². The van der Waals surface area contributed by atoms with Crippen molar-refractivity contribution in [1.29, 1.82) is 0 Å². The van der Waals surface area contributed by atoms with Gasteiger partial charge in [-0.25, -0.2) is 8.42 Å². The molecule has 2 rings (SSSR count). The van der Waals surface area contributed by atoms with Crippen molar-refractivity contribution in [2.24, 2.45) is 11.8 Å². The first-order valence-electron chi connectivity index (χ1n) is 10.8. The van der Waals surface area contributed by atoms with Crippen molar-refractivity contribution in [3.8, 4) is 0 Å². The number of hydrogen-bond acceptors (Lipinski definition) is 6. The number of hydrogen-bond donors (Lipinski definition) is 1. The Balaban J connectivity index is 2.11. The van der Waals surface area contributed by atoms with Crippen LogP contribution < -0.4 is 0 Å². The number of methoxy groups -OCH3 is 1. The van der Waals surface area contributed by atoms with E-state index < -0.39 is 16.1 Å². The van der Waals surface area contributed by atoms with Crippen molar-refractivity contribution in [2.45, 2.75) is 43.7 Å². The fourth-order valence-electron chi connectivity index (χ4n) is 3.84. The smallest absolute Gasteiger partial charge is 0.243 e. The topological polar surface area (TPSA) is 96.4 Å². The van der Waals surface area contributed by atoms with Gasteiger partial charge in [0.15, 0.2) is 0 Å². The van der Waals surface area contributed by atoms with Crippen molar-refractivity contribution in [2.75, 3.05) is 47.1 Å². The molecule has 1 N–H and O–H groups in total. The molecule has 0 saturated carbocycles. The van der Waals surface area contributed by atoms with Crippen LogP contribution in [0.2, 0.25) is 0 Å². The summed E-state index contributed by atoms with van der Waals surface area (Å²) in [6.45, 7) is 5.00. The Morgan fingerprint density at radius 1 is 1.19 bits per heavy atom.